The molecule has 0 aliphatic rings. The van der Waals surface area contributed by atoms with Gasteiger partial charge in [-0.3, -0.25) is 28.8 Å². The van der Waals surface area contributed by atoms with Gasteiger partial charge in [0.25, 0.3) is 35.4 Å². The smallest absolute Gasteiger partial charge is 0.296 e. The van der Waals surface area contributed by atoms with E-state index in [0.29, 0.717) is 19.3 Å². The molecule has 3 aromatic heterocycles. The number of nitrogens with two attached hydrogens (primary N) is 6. The van der Waals surface area contributed by atoms with E-state index in [2.05, 4.69) is 45.9 Å². The van der Waals surface area contributed by atoms with Crippen LogP contribution in [0.15, 0.2) is 51.4 Å². The molecule has 4 rings (SSSR count). The molecular formula is C36H45N15O6. The number of aliphatic imine (C=N–C) groups is 3. The molecule has 6 amide bonds. The van der Waals surface area contributed by atoms with Crippen LogP contribution in [-0.4, -0.2) is 68.3 Å². The van der Waals surface area contributed by atoms with Gasteiger partial charge >= 0.3 is 0 Å². The number of nitrogens with zero attached hydrogens (tertiary/aromatic N) is 3. The van der Waals surface area contributed by atoms with E-state index in [-0.39, 0.29) is 53.8 Å². The van der Waals surface area contributed by atoms with Gasteiger partial charge in [-0.25, -0.2) is 0 Å². The fourth-order valence-corrected chi connectivity index (χ4v) is 6.29. The van der Waals surface area contributed by atoms with Crippen LogP contribution >= 0.6 is 0 Å². The van der Waals surface area contributed by atoms with Crippen LogP contribution < -0.4 is 50.4 Å². The monoisotopic (exact) mass is 783 g/mol. The predicted octanol–water partition coefficient (Wildman–Crippen LogP) is -0.611. The Balaban J connectivity index is 1.71. The average molecular weight is 784 g/mol. The molecule has 300 valence electrons. The number of guanidine groups is 3. The van der Waals surface area contributed by atoms with Crippen molar-refractivity contribution in [1.82, 2.24) is 30.9 Å². The number of benzene rings is 1. The maximum absolute atomic E-state index is 13.4. The Kier molecular flexibility index (Phi) is 13.7. The third kappa shape index (κ3) is 10.3. The normalized spacial score (nSPS) is 10.6. The molecule has 0 spiro atoms. The molecule has 0 saturated heterocycles. The first-order valence-corrected chi connectivity index (χ1v) is 17.6. The van der Waals surface area contributed by atoms with Crippen LogP contribution in [0.25, 0.3) is 0 Å². The lowest BCUT2D eigenvalue weighted by Gasteiger charge is -2.26. The second-order valence-electron chi connectivity index (χ2n) is 12.4. The summed E-state index contributed by atoms with van der Waals surface area (Å²) >= 11 is 0. The largest absolute Gasteiger partial charge is 0.370 e. The van der Waals surface area contributed by atoms with Gasteiger partial charge in [-0.15, -0.1) is 0 Å². The molecule has 0 aliphatic carbocycles. The van der Waals surface area contributed by atoms with Gasteiger partial charge in [-0.2, -0.15) is 15.0 Å². The molecule has 0 fully saturated rings. The van der Waals surface area contributed by atoms with Crippen molar-refractivity contribution < 1.29 is 28.8 Å². The van der Waals surface area contributed by atoms with Crippen LogP contribution in [0.5, 0.6) is 0 Å². The maximum atomic E-state index is 13.4. The van der Waals surface area contributed by atoms with E-state index in [4.69, 9.17) is 34.4 Å². The molecule has 0 saturated carbocycles. The zero-order chi connectivity index (χ0) is 42.0. The van der Waals surface area contributed by atoms with E-state index >= 15 is 0 Å². The number of aromatic amines is 3. The first-order valence-electron chi connectivity index (χ1n) is 17.6. The van der Waals surface area contributed by atoms with Crippen LogP contribution in [0.3, 0.4) is 0 Å². The minimum Gasteiger partial charge on any atom is -0.370 e. The number of aromatic nitrogens is 3. The number of carbonyl (C=O) groups excluding carboxylic acids is 6. The molecule has 0 aliphatic heterocycles. The third-order valence-electron chi connectivity index (χ3n) is 8.70. The molecule has 0 atom stereocenters. The summed E-state index contributed by atoms with van der Waals surface area (Å²) in [6.07, 6.45) is 1.49. The van der Waals surface area contributed by atoms with Crippen LogP contribution in [0.4, 0.5) is 0 Å². The van der Waals surface area contributed by atoms with Gasteiger partial charge in [0, 0.05) is 19.6 Å². The van der Waals surface area contributed by atoms with Gasteiger partial charge in [-0.05, 0) is 89.0 Å². The fraction of sp³-hybridized carbons (Fsp3) is 0.250. The Morgan fingerprint density at radius 2 is 0.649 bits per heavy atom. The second-order valence-corrected chi connectivity index (χ2v) is 12.4. The second kappa shape index (κ2) is 18.6. The SMILES string of the molecule is CCc1c(CNC(=O)c2ccc(C(=O)N=C(N)N)[nH]2)c(CC)c(CNC(=O)c2ccc(C(=O)N=C(N)N)[nH]2)c(CC)c1CNC(=O)c1ccc(C(=O)N=C(N)N)[nH]1. The predicted molar refractivity (Wildman–Crippen MR) is 211 cm³/mol. The Labute approximate surface area is 325 Å². The number of amides is 6. The van der Waals surface area contributed by atoms with Crippen molar-refractivity contribution in [2.45, 2.75) is 59.7 Å². The third-order valence-corrected chi connectivity index (χ3v) is 8.70. The summed E-state index contributed by atoms with van der Waals surface area (Å²) < 4.78 is 0. The van der Waals surface area contributed by atoms with E-state index < -0.39 is 53.3 Å². The minimum absolute atomic E-state index is 0.00461. The van der Waals surface area contributed by atoms with Gasteiger partial charge in [0.2, 0.25) is 0 Å². The van der Waals surface area contributed by atoms with Gasteiger partial charge in [0.05, 0.1) is 0 Å². The Morgan fingerprint density at radius 3 is 0.860 bits per heavy atom. The lowest BCUT2D eigenvalue weighted by atomic mass is 9.83. The summed E-state index contributed by atoms with van der Waals surface area (Å²) in [5.74, 6) is -5.13. The van der Waals surface area contributed by atoms with Gasteiger partial charge in [-0.1, -0.05) is 20.8 Å². The van der Waals surface area contributed by atoms with Crippen molar-refractivity contribution >= 4 is 53.3 Å². The van der Waals surface area contributed by atoms with E-state index in [9.17, 15) is 28.8 Å². The lowest BCUT2D eigenvalue weighted by Crippen LogP contribution is -2.30. The average Bonchev–Trinajstić information content (AvgIpc) is 3.95. The van der Waals surface area contributed by atoms with E-state index in [1.165, 1.54) is 36.4 Å². The zero-order valence-electron chi connectivity index (χ0n) is 31.5. The highest BCUT2D eigenvalue weighted by Crippen LogP contribution is 2.31. The fourth-order valence-electron chi connectivity index (χ4n) is 6.29. The molecule has 21 nitrogen and oxygen atoms in total. The van der Waals surface area contributed by atoms with Crippen LogP contribution in [0, 0.1) is 0 Å². The molecule has 0 radical (unpaired) electrons. The zero-order valence-corrected chi connectivity index (χ0v) is 31.5. The quantitative estimate of drug-likeness (QED) is 0.0531. The standard InChI is InChI=1S/C36H45N15O6/c1-4-16-19(13-43-28(52)22-7-10-25(46-22)31(55)49-34(37)38)17(5-2)21(15-45-30(54)24-9-12-27(48-24)33(57)51-36(41)42)18(6-3)20(16)14-44-29(53)23-8-11-26(47-23)32(56)50-35(39)40/h7-12,46-48H,4-6,13-15H2,1-3H3,(H,43,52)(H,44,53)(H,45,54)(H4,37,38,49,55)(H4,39,40,50,56)(H4,41,42,51,57). The maximum Gasteiger partial charge on any atom is 0.296 e. The number of H-pyrrole nitrogens is 3. The number of carbonyl (C=O) groups is 6. The van der Waals surface area contributed by atoms with Gasteiger partial charge in [0.1, 0.15) is 34.2 Å². The van der Waals surface area contributed by atoms with Crippen LogP contribution in [0.1, 0.15) is 117 Å². The molecule has 57 heavy (non-hydrogen) atoms. The van der Waals surface area contributed by atoms with Crippen molar-refractivity contribution in [3.05, 3.63) is 104 Å². The Hall–Kier alpha value is -7.71. The first-order chi connectivity index (χ1) is 27.1. The highest BCUT2D eigenvalue weighted by atomic mass is 16.2. The van der Waals surface area contributed by atoms with Gasteiger partial charge in [0.15, 0.2) is 17.9 Å². The first kappa shape index (κ1) is 42.0. The van der Waals surface area contributed by atoms with Crippen molar-refractivity contribution in [2.24, 2.45) is 49.4 Å². The van der Waals surface area contributed by atoms with Gasteiger partial charge < -0.3 is 65.3 Å². The van der Waals surface area contributed by atoms with Crippen molar-refractivity contribution in [3.8, 4) is 0 Å². The number of hydrogen-bond donors (Lipinski definition) is 12. The molecular weight excluding hydrogens is 738 g/mol. The Bertz CT molecular complexity index is 2020. The molecule has 3 heterocycles. The van der Waals surface area contributed by atoms with E-state index in [1.807, 2.05) is 20.8 Å². The topological polar surface area (TPSA) is 379 Å². The summed E-state index contributed by atoms with van der Waals surface area (Å²) in [7, 11) is 0. The van der Waals surface area contributed by atoms with Crippen molar-refractivity contribution in [1.29, 1.82) is 0 Å². The number of hydrogen-bond acceptors (Lipinski definition) is 6. The lowest BCUT2D eigenvalue weighted by molar-refractivity contribution is 0.0937. The van der Waals surface area contributed by atoms with E-state index in [0.717, 1.165) is 33.4 Å². The molecule has 0 bridgehead atoms. The summed E-state index contributed by atoms with van der Waals surface area (Å²) in [4.78, 5) is 95.6. The summed E-state index contributed by atoms with van der Waals surface area (Å²) in [5, 5.41) is 8.74. The Morgan fingerprint density at radius 1 is 0.421 bits per heavy atom. The van der Waals surface area contributed by atoms with Crippen molar-refractivity contribution in [2.75, 3.05) is 0 Å². The number of rotatable bonds is 15. The molecule has 4 aromatic rings. The molecule has 18 N–H and O–H groups in total. The summed E-state index contributed by atoms with van der Waals surface area (Å²) in [6.45, 7) is 5.93. The number of nitrogens with one attached hydrogen (secondary N) is 6. The molecule has 0 unspecified atom stereocenters. The molecule has 21 heteroatoms. The van der Waals surface area contributed by atoms with Crippen LogP contribution in [0.2, 0.25) is 0 Å². The highest BCUT2D eigenvalue weighted by molar-refractivity contribution is 6.04. The van der Waals surface area contributed by atoms with E-state index in [1.54, 1.807) is 0 Å². The molecule has 1 aromatic carbocycles. The van der Waals surface area contributed by atoms with Crippen LogP contribution in [-0.2, 0) is 38.9 Å². The van der Waals surface area contributed by atoms with Crippen molar-refractivity contribution in [3.63, 3.8) is 0 Å². The minimum atomic E-state index is -0.754. The highest BCUT2D eigenvalue weighted by Gasteiger charge is 2.24. The summed E-state index contributed by atoms with van der Waals surface area (Å²) in [5.41, 5.74) is 37.0. The summed E-state index contributed by atoms with van der Waals surface area (Å²) in [6, 6.07) is 8.39.